The molecule has 28 heavy (non-hydrogen) atoms. The lowest BCUT2D eigenvalue weighted by Crippen LogP contribution is -2.34. The predicted octanol–water partition coefficient (Wildman–Crippen LogP) is 3.09. The lowest BCUT2D eigenvalue weighted by molar-refractivity contribution is 0.0909. The summed E-state index contributed by atoms with van der Waals surface area (Å²) in [6.45, 7) is 4.92. The molecular formula is C20H21N3O4S. The minimum Gasteiger partial charge on any atom is -0.486 e. The van der Waals surface area contributed by atoms with Crippen molar-refractivity contribution in [2.24, 2.45) is 0 Å². The van der Waals surface area contributed by atoms with E-state index in [1.54, 1.807) is 17.5 Å². The van der Waals surface area contributed by atoms with E-state index in [-0.39, 0.29) is 30.7 Å². The first-order chi connectivity index (χ1) is 13.5. The zero-order chi connectivity index (χ0) is 19.9. The highest BCUT2D eigenvalue weighted by atomic mass is 32.1. The van der Waals surface area contributed by atoms with Gasteiger partial charge in [-0.25, -0.2) is 4.98 Å². The SMILES string of the molecule is Cc1cc(C)cc(OCc2nc(C(=O)NCCNC(=O)c3ccco3)cs2)c1. The fourth-order valence-electron chi connectivity index (χ4n) is 2.58. The Morgan fingerprint density at radius 3 is 2.50 bits per heavy atom. The van der Waals surface area contributed by atoms with E-state index in [0.29, 0.717) is 12.3 Å². The molecule has 2 amide bonds. The van der Waals surface area contributed by atoms with E-state index in [2.05, 4.69) is 21.7 Å². The highest BCUT2D eigenvalue weighted by Crippen LogP contribution is 2.19. The van der Waals surface area contributed by atoms with Crippen LogP contribution in [0, 0.1) is 13.8 Å². The largest absolute Gasteiger partial charge is 0.486 e. The molecule has 0 aliphatic rings. The van der Waals surface area contributed by atoms with Gasteiger partial charge in [0.05, 0.1) is 6.26 Å². The number of carbonyl (C=O) groups excluding carboxylic acids is 2. The van der Waals surface area contributed by atoms with Gasteiger partial charge in [0.25, 0.3) is 11.8 Å². The molecule has 3 aromatic rings. The van der Waals surface area contributed by atoms with E-state index < -0.39 is 0 Å². The summed E-state index contributed by atoms with van der Waals surface area (Å²) in [6, 6.07) is 9.22. The highest BCUT2D eigenvalue weighted by molar-refractivity contribution is 7.09. The molecule has 3 rings (SSSR count). The monoisotopic (exact) mass is 399 g/mol. The number of nitrogens with zero attached hydrogens (tertiary/aromatic N) is 1. The van der Waals surface area contributed by atoms with Crippen molar-refractivity contribution < 1.29 is 18.7 Å². The van der Waals surface area contributed by atoms with Crippen LogP contribution in [0.5, 0.6) is 5.75 Å². The lowest BCUT2D eigenvalue weighted by Gasteiger charge is -2.06. The number of benzene rings is 1. The summed E-state index contributed by atoms with van der Waals surface area (Å²) in [7, 11) is 0. The summed E-state index contributed by atoms with van der Waals surface area (Å²) in [4.78, 5) is 28.2. The Bertz CT molecular complexity index is 930. The van der Waals surface area contributed by atoms with Gasteiger partial charge in [0.2, 0.25) is 0 Å². The van der Waals surface area contributed by atoms with Crippen LogP contribution in [0.3, 0.4) is 0 Å². The first kappa shape index (κ1) is 19.6. The molecule has 8 heteroatoms. The van der Waals surface area contributed by atoms with Crippen LogP contribution in [-0.4, -0.2) is 29.9 Å². The summed E-state index contributed by atoms with van der Waals surface area (Å²) < 4.78 is 10.8. The van der Waals surface area contributed by atoms with Gasteiger partial charge in [-0.05, 0) is 49.2 Å². The van der Waals surface area contributed by atoms with Crippen LogP contribution in [0.4, 0.5) is 0 Å². The summed E-state index contributed by atoms with van der Waals surface area (Å²) in [5.41, 5.74) is 2.60. The van der Waals surface area contributed by atoms with Gasteiger partial charge in [0.15, 0.2) is 5.76 Å². The van der Waals surface area contributed by atoms with E-state index in [9.17, 15) is 9.59 Å². The number of hydrogen-bond donors (Lipinski definition) is 2. The number of nitrogens with one attached hydrogen (secondary N) is 2. The zero-order valence-corrected chi connectivity index (χ0v) is 16.5. The Morgan fingerprint density at radius 1 is 1.11 bits per heavy atom. The van der Waals surface area contributed by atoms with Crippen LogP contribution < -0.4 is 15.4 Å². The van der Waals surface area contributed by atoms with Crippen LogP contribution >= 0.6 is 11.3 Å². The molecule has 2 heterocycles. The van der Waals surface area contributed by atoms with E-state index in [1.165, 1.54) is 17.6 Å². The molecule has 2 N–H and O–H groups in total. The Labute approximate surface area is 166 Å². The first-order valence-electron chi connectivity index (χ1n) is 8.76. The van der Waals surface area contributed by atoms with Gasteiger partial charge in [-0.1, -0.05) is 6.07 Å². The van der Waals surface area contributed by atoms with Crippen molar-refractivity contribution in [2.45, 2.75) is 20.5 Å². The van der Waals surface area contributed by atoms with Crippen LogP contribution in [-0.2, 0) is 6.61 Å². The van der Waals surface area contributed by atoms with Gasteiger partial charge >= 0.3 is 0 Å². The van der Waals surface area contributed by atoms with Crippen LogP contribution in [0.15, 0.2) is 46.4 Å². The number of hydrogen-bond acceptors (Lipinski definition) is 6. The number of rotatable bonds is 8. The second-order valence-electron chi connectivity index (χ2n) is 6.23. The van der Waals surface area contributed by atoms with E-state index in [0.717, 1.165) is 21.9 Å². The van der Waals surface area contributed by atoms with Gasteiger partial charge < -0.3 is 19.8 Å². The summed E-state index contributed by atoms with van der Waals surface area (Å²) in [5, 5.41) is 7.79. The quantitative estimate of drug-likeness (QED) is 0.568. The topological polar surface area (TPSA) is 93.5 Å². The fourth-order valence-corrected chi connectivity index (χ4v) is 3.27. The molecule has 0 spiro atoms. The molecule has 0 aliphatic heterocycles. The average Bonchev–Trinajstić information content (AvgIpc) is 3.34. The van der Waals surface area contributed by atoms with Gasteiger partial charge in [0, 0.05) is 18.5 Å². The normalized spacial score (nSPS) is 10.5. The third-order valence-corrected chi connectivity index (χ3v) is 4.61. The van der Waals surface area contributed by atoms with Gasteiger partial charge in [-0.15, -0.1) is 11.3 Å². The molecular weight excluding hydrogens is 378 g/mol. The second kappa shape index (κ2) is 9.18. The molecule has 0 atom stereocenters. The van der Waals surface area contributed by atoms with Crippen LogP contribution in [0.1, 0.15) is 37.2 Å². The van der Waals surface area contributed by atoms with Crippen LogP contribution in [0.25, 0.3) is 0 Å². The highest BCUT2D eigenvalue weighted by Gasteiger charge is 2.12. The third kappa shape index (κ3) is 5.43. The molecule has 146 valence electrons. The molecule has 0 aliphatic carbocycles. The van der Waals surface area contributed by atoms with E-state index >= 15 is 0 Å². The molecule has 0 unspecified atom stereocenters. The van der Waals surface area contributed by atoms with Crippen molar-refractivity contribution in [3.8, 4) is 5.75 Å². The Morgan fingerprint density at radius 2 is 1.82 bits per heavy atom. The molecule has 2 aromatic heterocycles. The Hall–Kier alpha value is -3.13. The maximum absolute atomic E-state index is 12.2. The predicted molar refractivity (Wildman–Crippen MR) is 106 cm³/mol. The fraction of sp³-hybridized carbons (Fsp3) is 0.250. The molecule has 0 saturated carbocycles. The number of thiazole rings is 1. The molecule has 1 aromatic carbocycles. The van der Waals surface area contributed by atoms with E-state index in [4.69, 9.17) is 9.15 Å². The maximum atomic E-state index is 12.2. The number of furan rings is 1. The lowest BCUT2D eigenvalue weighted by atomic mass is 10.1. The molecule has 0 bridgehead atoms. The van der Waals surface area contributed by atoms with Gasteiger partial charge in [-0.3, -0.25) is 9.59 Å². The summed E-state index contributed by atoms with van der Waals surface area (Å²) >= 11 is 1.37. The molecule has 0 radical (unpaired) electrons. The average molecular weight is 399 g/mol. The number of carbonyl (C=O) groups is 2. The maximum Gasteiger partial charge on any atom is 0.287 e. The van der Waals surface area contributed by atoms with Crippen LogP contribution in [0.2, 0.25) is 0 Å². The second-order valence-corrected chi connectivity index (χ2v) is 7.17. The third-order valence-electron chi connectivity index (χ3n) is 3.78. The van der Waals surface area contributed by atoms with Gasteiger partial charge in [0.1, 0.15) is 23.1 Å². The summed E-state index contributed by atoms with van der Waals surface area (Å²) in [6.07, 6.45) is 1.43. The van der Waals surface area contributed by atoms with Crippen molar-refractivity contribution in [1.82, 2.24) is 15.6 Å². The standard InChI is InChI=1S/C20H21N3O4S/c1-13-8-14(2)10-15(9-13)27-11-18-23-16(12-28-18)19(24)21-5-6-22-20(25)17-4-3-7-26-17/h3-4,7-10,12H,5-6,11H2,1-2H3,(H,21,24)(H,22,25). The molecule has 7 nitrogen and oxygen atoms in total. The first-order valence-corrected chi connectivity index (χ1v) is 9.64. The van der Waals surface area contributed by atoms with E-state index in [1.807, 2.05) is 26.0 Å². The number of aryl methyl sites for hydroxylation is 2. The van der Waals surface area contributed by atoms with Gasteiger partial charge in [-0.2, -0.15) is 0 Å². The van der Waals surface area contributed by atoms with Crippen molar-refractivity contribution in [1.29, 1.82) is 0 Å². The Balaban J connectivity index is 1.42. The number of aromatic nitrogens is 1. The smallest absolute Gasteiger partial charge is 0.287 e. The number of ether oxygens (including phenoxy) is 1. The molecule has 0 fully saturated rings. The minimum atomic E-state index is -0.321. The van der Waals surface area contributed by atoms with Crippen molar-refractivity contribution in [2.75, 3.05) is 13.1 Å². The van der Waals surface area contributed by atoms with Crippen molar-refractivity contribution >= 4 is 23.2 Å². The zero-order valence-electron chi connectivity index (χ0n) is 15.7. The Kier molecular flexibility index (Phi) is 6.44. The van der Waals surface area contributed by atoms with Crippen molar-refractivity contribution in [3.63, 3.8) is 0 Å². The van der Waals surface area contributed by atoms with Crippen molar-refractivity contribution in [3.05, 3.63) is 69.6 Å². The molecule has 0 saturated heterocycles. The number of amides is 2. The summed E-state index contributed by atoms with van der Waals surface area (Å²) in [5.74, 6) is 0.408. The minimum absolute atomic E-state index is 0.235.